The number of anilines is 1. The first kappa shape index (κ1) is 23.3. The molecule has 0 aliphatic heterocycles. The van der Waals surface area contributed by atoms with Crippen LogP contribution in [0, 0.1) is 6.92 Å². The molecule has 4 aromatic rings. The maximum Gasteiger partial charge on any atom is 0.434 e. The number of carbonyl (C=O) groups is 1. The fraction of sp³-hybridized carbons (Fsp3) is 0.238. The van der Waals surface area contributed by atoms with Crippen LogP contribution in [0.15, 0.2) is 40.5 Å². The number of thiazole rings is 1. The molecule has 0 saturated heterocycles. The average Bonchev–Trinajstić information content (AvgIpc) is 3.47. The zero-order valence-electron chi connectivity index (χ0n) is 18.0. The summed E-state index contributed by atoms with van der Waals surface area (Å²) in [5, 5.41) is 14.1. The highest BCUT2D eigenvalue weighted by Gasteiger charge is 2.34. The third-order valence-corrected chi connectivity index (χ3v) is 5.40. The molecular formula is C21H18F3N7O2S. The summed E-state index contributed by atoms with van der Waals surface area (Å²) in [4.78, 5) is 24.3. The minimum atomic E-state index is -4.58. The van der Waals surface area contributed by atoms with Gasteiger partial charge in [-0.25, -0.2) is 14.8 Å². The van der Waals surface area contributed by atoms with Crippen molar-refractivity contribution in [3.8, 4) is 33.2 Å². The van der Waals surface area contributed by atoms with Gasteiger partial charge in [-0.15, -0.1) is 21.5 Å². The van der Waals surface area contributed by atoms with E-state index in [-0.39, 0.29) is 16.7 Å². The van der Waals surface area contributed by atoms with Gasteiger partial charge in [0.05, 0.1) is 5.56 Å². The van der Waals surface area contributed by atoms with E-state index in [0.717, 1.165) is 23.1 Å². The Hall–Kier alpha value is -3.87. The average molecular weight is 489 g/mol. The number of amides is 2. The van der Waals surface area contributed by atoms with E-state index in [1.165, 1.54) is 24.7 Å². The Kier molecular flexibility index (Phi) is 6.54. The molecule has 0 saturated carbocycles. The van der Waals surface area contributed by atoms with E-state index in [1.54, 1.807) is 13.0 Å². The number of pyridine rings is 2. The van der Waals surface area contributed by atoms with Gasteiger partial charge in [-0.3, -0.25) is 10.3 Å². The van der Waals surface area contributed by atoms with Gasteiger partial charge in [0.25, 0.3) is 0 Å². The van der Waals surface area contributed by atoms with E-state index in [0.29, 0.717) is 34.7 Å². The Morgan fingerprint density at radius 3 is 2.59 bits per heavy atom. The van der Waals surface area contributed by atoms with Gasteiger partial charge < -0.3 is 9.73 Å². The van der Waals surface area contributed by atoms with Crippen LogP contribution in [0.3, 0.4) is 0 Å². The van der Waals surface area contributed by atoms with Crippen LogP contribution in [0.2, 0.25) is 0 Å². The second kappa shape index (κ2) is 9.55. The van der Waals surface area contributed by atoms with Gasteiger partial charge in [0, 0.05) is 54.1 Å². The lowest BCUT2D eigenvalue weighted by Gasteiger charge is -2.11. The van der Waals surface area contributed by atoms with E-state index < -0.39 is 17.9 Å². The Labute approximate surface area is 195 Å². The largest absolute Gasteiger partial charge is 0.434 e. The van der Waals surface area contributed by atoms with Crippen molar-refractivity contribution in [2.24, 2.45) is 0 Å². The first-order valence-electron chi connectivity index (χ1n) is 10.1. The van der Waals surface area contributed by atoms with E-state index in [4.69, 9.17) is 4.42 Å². The summed E-state index contributed by atoms with van der Waals surface area (Å²) in [5.74, 6) is 0.788. The van der Waals surface area contributed by atoms with Crippen molar-refractivity contribution in [1.29, 1.82) is 0 Å². The summed E-state index contributed by atoms with van der Waals surface area (Å²) in [6.45, 7) is 4.02. The number of urea groups is 1. The van der Waals surface area contributed by atoms with Crippen molar-refractivity contribution < 1.29 is 22.4 Å². The molecule has 34 heavy (non-hydrogen) atoms. The molecule has 0 bridgehead atoms. The highest BCUT2D eigenvalue weighted by molar-refractivity contribution is 7.13. The number of hydrogen-bond acceptors (Lipinski definition) is 8. The molecule has 0 radical (unpaired) electrons. The summed E-state index contributed by atoms with van der Waals surface area (Å²) >= 11 is 0.835. The predicted molar refractivity (Wildman–Crippen MR) is 119 cm³/mol. The van der Waals surface area contributed by atoms with Crippen LogP contribution in [-0.2, 0) is 6.18 Å². The number of nitrogens with one attached hydrogen (secondary N) is 2. The third kappa shape index (κ3) is 5.20. The SMILES string of the molecule is CCCNC(=O)Nc1cc(-c2nc(C(F)(F)F)cs2)c(-c2cncc(-c3nnc(C)o3)c2)cn1. The maximum atomic E-state index is 13.2. The van der Waals surface area contributed by atoms with Crippen molar-refractivity contribution in [2.45, 2.75) is 26.4 Å². The molecule has 0 aliphatic rings. The van der Waals surface area contributed by atoms with Gasteiger partial charge >= 0.3 is 12.2 Å². The number of carbonyl (C=O) groups excluding carboxylic acids is 1. The Bertz CT molecular complexity index is 1320. The molecule has 2 amide bonds. The van der Waals surface area contributed by atoms with Crippen LogP contribution >= 0.6 is 11.3 Å². The maximum absolute atomic E-state index is 13.2. The van der Waals surface area contributed by atoms with Crippen LogP contribution in [-0.4, -0.2) is 37.7 Å². The fourth-order valence-electron chi connectivity index (χ4n) is 2.97. The first-order chi connectivity index (χ1) is 16.2. The molecule has 0 atom stereocenters. The molecule has 0 aliphatic carbocycles. The number of aryl methyl sites for hydroxylation is 1. The van der Waals surface area contributed by atoms with Gasteiger partial charge in [0.15, 0.2) is 5.69 Å². The second-order valence-electron chi connectivity index (χ2n) is 7.12. The van der Waals surface area contributed by atoms with Crippen LogP contribution < -0.4 is 10.6 Å². The Morgan fingerprint density at radius 2 is 1.91 bits per heavy atom. The second-order valence-corrected chi connectivity index (χ2v) is 7.98. The highest BCUT2D eigenvalue weighted by atomic mass is 32.1. The molecule has 0 unspecified atom stereocenters. The zero-order chi connectivity index (χ0) is 24.3. The van der Waals surface area contributed by atoms with Gasteiger partial charge in [-0.05, 0) is 18.6 Å². The van der Waals surface area contributed by atoms with Crippen molar-refractivity contribution in [3.05, 3.63) is 47.7 Å². The molecular weight excluding hydrogens is 471 g/mol. The molecule has 2 N–H and O–H groups in total. The smallest absolute Gasteiger partial charge is 0.421 e. The van der Waals surface area contributed by atoms with Crippen molar-refractivity contribution in [1.82, 2.24) is 30.5 Å². The number of aromatic nitrogens is 5. The van der Waals surface area contributed by atoms with E-state index in [2.05, 4.69) is 35.8 Å². The fourth-order valence-corrected chi connectivity index (χ4v) is 3.83. The third-order valence-electron chi connectivity index (χ3n) is 4.53. The summed E-state index contributed by atoms with van der Waals surface area (Å²) in [6, 6.07) is 2.71. The van der Waals surface area contributed by atoms with Gasteiger partial charge in [0.2, 0.25) is 11.8 Å². The molecule has 176 valence electrons. The van der Waals surface area contributed by atoms with E-state index in [1.807, 2.05) is 6.92 Å². The normalized spacial score (nSPS) is 11.4. The van der Waals surface area contributed by atoms with Crippen LogP contribution in [0.1, 0.15) is 24.9 Å². The standard InChI is InChI=1S/C21H18F3N7O2S/c1-3-4-26-20(32)29-17-6-14(19-28-16(10-34-19)21(22,23)24)15(9-27-17)12-5-13(8-25-7-12)18-31-30-11(2)33-18/h5-10H,3-4H2,1-2H3,(H2,26,27,29,32). The van der Waals surface area contributed by atoms with Gasteiger partial charge in [0.1, 0.15) is 10.8 Å². The predicted octanol–water partition coefficient (Wildman–Crippen LogP) is 5.18. The number of rotatable bonds is 6. The molecule has 0 fully saturated rings. The monoisotopic (exact) mass is 489 g/mol. The van der Waals surface area contributed by atoms with Crippen molar-refractivity contribution in [3.63, 3.8) is 0 Å². The molecule has 4 heterocycles. The van der Waals surface area contributed by atoms with Crippen molar-refractivity contribution in [2.75, 3.05) is 11.9 Å². The molecule has 0 spiro atoms. The number of alkyl halides is 3. The lowest BCUT2D eigenvalue weighted by atomic mass is 10.0. The van der Waals surface area contributed by atoms with Crippen LogP contribution in [0.5, 0.6) is 0 Å². The topological polar surface area (TPSA) is 119 Å². The Balaban J connectivity index is 1.77. The van der Waals surface area contributed by atoms with Crippen LogP contribution in [0.4, 0.5) is 23.8 Å². The summed E-state index contributed by atoms with van der Waals surface area (Å²) in [7, 11) is 0. The zero-order valence-corrected chi connectivity index (χ0v) is 18.8. The van der Waals surface area contributed by atoms with Gasteiger partial charge in [-0.1, -0.05) is 6.92 Å². The van der Waals surface area contributed by atoms with E-state index in [9.17, 15) is 18.0 Å². The quantitative estimate of drug-likeness (QED) is 0.383. The first-order valence-corrected chi connectivity index (χ1v) is 11.0. The molecule has 4 rings (SSSR count). The number of hydrogen-bond donors (Lipinski definition) is 2. The summed E-state index contributed by atoms with van der Waals surface area (Å²) in [5.41, 5.74) is 0.885. The molecule has 0 aromatic carbocycles. The van der Waals surface area contributed by atoms with Crippen LogP contribution in [0.25, 0.3) is 33.2 Å². The summed E-state index contributed by atoms with van der Waals surface area (Å²) in [6.07, 6.45) is 0.669. The summed E-state index contributed by atoms with van der Waals surface area (Å²) < 4.78 is 45.0. The molecule has 9 nitrogen and oxygen atoms in total. The molecule has 13 heteroatoms. The highest BCUT2D eigenvalue weighted by Crippen LogP contribution is 2.38. The Morgan fingerprint density at radius 1 is 1.12 bits per heavy atom. The number of nitrogens with zero attached hydrogens (tertiary/aromatic N) is 5. The molecule has 4 aromatic heterocycles. The van der Waals surface area contributed by atoms with E-state index >= 15 is 0 Å². The van der Waals surface area contributed by atoms with Gasteiger partial charge in [-0.2, -0.15) is 13.2 Å². The lowest BCUT2D eigenvalue weighted by Crippen LogP contribution is -2.29. The van der Waals surface area contributed by atoms with Crippen molar-refractivity contribution >= 4 is 23.2 Å². The minimum Gasteiger partial charge on any atom is -0.421 e. The lowest BCUT2D eigenvalue weighted by molar-refractivity contribution is -0.140. The number of halogens is 3. The minimum absolute atomic E-state index is 0.112.